The van der Waals surface area contributed by atoms with Gasteiger partial charge in [0.1, 0.15) is 11.5 Å². The molecule has 4 heteroatoms. The molecule has 2 aromatic carbocycles. The van der Waals surface area contributed by atoms with Crippen molar-refractivity contribution in [2.24, 2.45) is 0 Å². The molecule has 4 nitrogen and oxygen atoms in total. The number of pyridine rings is 2. The minimum Gasteiger partial charge on any atom is -0.491 e. The summed E-state index contributed by atoms with van der Waals surface area (Å²) in [5, 5.41) is 0. The molecule has 170 valence electrons. The van der Waals surface area contributed by atoms with E-state index in [4.69, 9.17) is 9.47 Å². The van der Waals surface area contributed by atoms with Crippen LogP contribution in [-0.2, 0) is 0 Å². The van der Waals surface area contributed by atoms with Crippen LogP contribution in [0, 0.1) is 0 Å². The summed E-state index contributed by atoms with van der Waals surface area (Å²) in [6.07, 6.45) is 8.69. The Hall–Kier alpha value is -3.66. The number of aromatic nitrogens is 2. The van der Waals surface area contributed by atoms with Crippen LogP contribution in [0.5, 0.6) is 11.5 Å². The van der Waals surface area contributed by atoms with Crippen LogP contribution in [0.15, 0.2) is 97.6 Å². The van der Waals surface area contributed by atoms with Gasteiger partial charge in [-0.3, -0.25) is 0 Å². The van der Waals surface area contributed by atoms with Crippen molar-refractivity contribution in [3.05, 3.63) is 97.6 Å². The van der Waals surface area contributed by atoms with Crippen LogP contribution >= 0.6 is 0 Å². The van der Waals surface area contributed by atoms with Crippen molar-refractivity contribution in [2.75, 3.05) is 0 Å². The van der Waals surface area contributed by atoms with Gasteiger partial charge in [0.15, 0.2) is 24.8 Å². The van der Waals surface area contributed by atoms with Crippen molar-refractivity contribution < 1.29 is 18.6 Å². The van der Waals surface area contributed by atoms with E-state index in [1.807, 2.05) is 52.0 Å². The third-order valence-electron chi connectivity index (χ3n) is 5.01. The second-order valence-corrected chi connectivity index (χ2v) is 8.31. The van der Waals surface area contributed by atoms with Crippen LogP contribution < -0.4 is 18.6 Å². The van der Waals surface area contributed by atoms with E-state index in [1.54, 1.807) is 0 Å². The lowest BCUT2D eigenvalue weighted by atomic mass is 10.1. The van der Waals surface area contributed by atoms with Gasteiger partial charge >= 0.3 is 0 Å². The maximum atomic E-state index is 5.73. The monoisotopic (exact) mass is 442 g/mol. The van der Waals surface area contributed by atoms with Gasteiger partial charge in [-0.25, -0.2) is 0 Å². The highest BCUT2D eigenvalue weighted by atomic mass is 16.5. The lowest BCUT2D eigenvalue weighted by Crippen LogP contribution is -2.29. The fourth-order valence-electron chi connectivity index (χ4n) is 3.52. The molecule has 0 atom stereocenters. The average Bonchev–Trinajstić information content (AvgIpc) is 2.80. The summed E-state index contributed by atoms with van der Waals surface area (Å²) < 4.78 is 15.7. The summed E-state index contributed by atoms with van der Waals surface area (Å²) in [6.45, 7) is 8.13. The second-order valence-electron chi connectivity index (χ2n) is 8.31. The summed E-state index contributed by atoms with van der Waals surface area (Å²) in [7, 11) is 0. The summed E-state index contributed by atoms with van der Waals surface area (Å²) in [6, 6.07) is 24.9. The van der Waals surface area contributed by atoms with Crippen LogP contribution in [0.25, 0.3) is 22.5 Å². The minimum absolute atomic E-state index is 0. The minimum atomic E-state index is 0. The van der Waals surface area contributed by atoms with Crippen molar-refractivity contribution >= 4 is 0 Å². The largest absolute Gasteiger partial charge is 0.491 e. The molecule has 33 heavy (non-hydrogen) atoms. The maximum Gasteiger partial charge on any atom is 0.210 e. The number of benzene rings is 2. The Balaban J connectivity index is 0.00000306. The third kappa shape index (κ3) is 6.19. The topological polar surface area (TPSA) is 26.2 Å². The van der Waals surface area contributed by atoms with Crippen molar-refractivity contribution in [1.29, 1.82) is 0 Å². The molecule has 0 aliphatic heterocycles. The van der Waals surface area contributed by atoms with Gasteiger partial charge in [-0.15, -0.1) is 0 Å². The highest BCUT2D eigenvalue weighted by Crippen LogP contribution is 2.19. The molecule has 0 unspecified atom stereocenters. The molecule has 0 fully saturated rings. The molecular weight excluding hydrogens is 408 g/mol. The van der Waals surface area contributed by atoms with Crippen molar-refractivity contribution in [2.45, 2.75) is 47.3 Å². The van der Waals surface area contributed by atoms with Crippen LogP contribution in [0.4, 0.5) is 0 Å². The van der Waals surface area contributed by atoms with Crippen LogP contribution in [0.2, 0.25) is 0 Å². The van der Waals surface area contributed by atoms with E-state index in [0.29, 0.717) is 0 Å². The molecule has 0 saturated carbocycles. The number of hydrogen-bond donors (Lipinski definition) is 0. The average molecular weight is 443 g/mol. The summed E-state index contributed by atoms with van der Waals surface area (Å²) in [5.41, 5.74) is 4.55. The Bertz CT molecular complexity index is 1040. The van der Waals surface area contributed by atoms with Crippen LogP contribution in [0.3, 0.4) is 0 Å². The van der Waals surface area contributed by atoms with E-state index < -0.39 is 0 Å². The van der Waals surface area contributed by atoms with Crippen molar-refractivity contribution in [3.63, 3.8) is 0 Å². The van der Waals surface area contributed by atoms with Gasteiger partial charge in [0, 0.05) is 48.5 Å². The molecule has 0 spiro atoms. The zero-order valence-corrected chi connectivity index (χ0v) is 19.1. The number of ether oxygens (including phenoxy) is 2. The molecule has 4 aromatic rings. The predicted molar refractivity (Wildman–Crippen MR) is 133 cm³/mol. The Morgan fingerprint density at radius 2 is 0.788 bits per heavy atom. The first-order valence-corrected chi connectivity index (χ1v) is 11.0. The SMILES string of the molecule is C.CC(C)Oc1ccc(-[n+]2ccc(-c3cc[n+](-c4ccc(OC(C)C)cc4)cc3)cc2)cc1. The highest BCUT2D eigenvalue weighted by Gasteiger charge is 2.10. The smallest absolute Gasteiger partial charge is 0.210 e. The van der Waals surface area contributed by atoms with Crippen LogP contribution in [-0.4, -0.2) is 12.2 Å². The molecule has 4 rings (SSSR count). The van der Waals surface area contributed by atoms with Gasteiger partial charge in [-0.05, 0) is 63.1 Å². The number of hydrogen-bond acceptors (Lipinski definition) is 2. The molecule has 0 N–H and O–H groups in total. The molecule has 2 heterocycles. The number of rotatable bonds is 7. The quantitative estimate of drug-likeness (QED) is 0.322. The second kappa shape index (κ2) is 10.8. The van der Waals surface area contributed by atoms with E-state index in [2.05, 4.69) is 82.5 Å². The molecule has 0 bridgehead atoms. The van der Waals surface area contributed by atoms with Gasteiger partial charge in [0.2, 0.25) is 11.4 Å². The first kappa shape index (κ1) is 24.0. The molecule has 0 radical (unpaired) electrons. The van der Waals surface area contributed by atoms with Gasteiger partial charge in [-0.1, -0.05) is 7.43 Å². The summed E-state index contributed by atoms with van der Waals surface area (Å²) >= 11 is 0. The first-order chi connectivity index (χ1) is 15.5. The zero-order valence-electron chi connectivity index (χ0n) is 19.1. The third-order valence-corrected chi connectivity index (χ3v) is 5.01. The summed E-state index contributed by atoms with van der Waals surface area (Å²) in [5.74, 6) is 1.78. The summed E-state index contributed by atoms with van der Waals surface area (Å²) in [4.78, 5) is 0. The normalized spacial score (nSPS) is 10.7. The zero-order chi connectivity index (χ0) is 22.5. The van der Waals surface area contributed by atoms with Gasteiger partial charge < -0.3 is 9.47 Å². The molecule has 0 saturated heterocycles. The molecule has 0 aliphatic rings. The Kier molecular flexibility index (Phi) is 7.83. The lowest BCUT2D eigenvalue weighted by Gasteiger charge is -2.09. The van der Waals surface area contributed by atoms with E-state index in [9.17, 15) is 0 Å². The predicted octanol–water partition coefficient (Wildman–Crippen LogP) is 6.12. The van der Waals surface area contributed by atoms with E-state index in [1.165, 1.54) is 11.1 Å². The van der Waals surface area contributed by atoms with E-state index in [0.717, 1.165) is 22.9 Å². The lowest BCUT2D eigenvalue weighted by molar-refractivity contribution is -0.596. The van der Waals surface area contributed by atoms with Gasteiger partial charge in [0.05, 0.1) is 12.2 Å². The van der Waals surface area contributed by atoms with Crippen molar-refractivity contribution in [1.82, 2.24) is 0 Å². The number of nitrogens with zero attached hydrogens (tertiary/aromatic N) is 2. The van der Waals surface area contributed by atoms with E-state index >= 15 is 0 Å². The fraction of sp³-hybridized carbons (Fsp3) is 0.241. The highest BCUT2D eigenvalue weighted by molar-refractivity contribution is 5.61. The van der Waals surface area contributed by atoms with E-state index in [-0.39, 0.29) is 19.6 Å². The van der Waals surface area contributed by atoms with Crippen LogP contribution in [0.1, 0.15) is 35.1 Å². The molecule has 0 amide bonds. The standard InChI is InChI=1S/C28H30N2O2.CH4/c1-21(2)31-27-9-5-25(6-10-27)29-17-13-23(14-18-29)24-15-19-30(20-16-24)26-7-11-28(12-8-26)32-22(3)4;/h5-22H,1-4H3;1H4/q+2;. The first-order valence-electron chi connectivity index (χ1n) is 11.0. The maximum absolute atomic E-state index is 5.73. The molecular formula is C29H34N2O2+2. The molecule has 2 aromatic heterocycles. The van der Waals surface area contributed by atoms with Crippen molar-refractivity contribution in [3.8, 4) is 34.0 Å². The fourth-order valence-corrected chi connectivity index (χ4v) is 3.52. The van der Waals surface area contributed by atoms with Gasteiger partial charge in [-0.2, -0.15) is 9.13 Å². The Morgan fingerprint density at radius 1 is 0.485 bits per heavy atom. The Morgan fingerprint density at radius 3 is 1.06 bits per heavy atom. The van der Waals surface area contributed by atoms with Gasteiger partial charge in [0.25, 0.3) is 0 Å². The molecule has 0 aliphatic carbocycles. The Labute approximate surface area is 197 Å².